The third-order valence-electron chi connectivity index (χ3n) is 2.63. The molecule has 96 valence electrons. The molecule has 0 radical (unpaired) electrons. The van der Waals surface area contributed by atoms with E-state index in [1.807, 2.05) is 35.0 Å². The molecule has 0 fully saturated rings. The molecule has 18 heavy (non-hydrogen) atoms. The Bertz CT molecular complexity index is 479. The molecule has 0 aliphatic heterocycles. The monoisotopic (exact) mass is 247 g/mol. The second kappa shape index (κ2) is 6.07. The number of ether oxygens (including phenoxy) is 1. The van der Waals surface area contributed by atoms with E-state index in [1.54, 1.807) is 13.3 Å². The number of aromatic nitrogens is 2. The first-order valence-electron chi connectivity index (χ1n) is 5.83. The summed E-state index contributed by atoms with van der Waals surface area (Å²) in [5, 5.41) is 16.2. The van der Waals surface area contributed by atoms with Gasteiger partial charge in [0.2, 0.25) is 0 Å². The van der Waals surface area contributed by atoms with Crippen LogP contribution >= 0.6 is 0 Å². The second-order valence-electron chi connectivity index (χ2n) is 3.87. The van der Waals surface area contributed by atoms with E-state index < -0.39 is 0 Å². The standard InChI is InChI=1S/C13H17N3O2/c1-18-12-4-2-11(3-5-12)10-16-13(6-7-15-16)14-8-9-17/h2-7,14,17H,8-10H2,1H3. The van der Waals surface area contributed by atoms with Gasteiger partial charge in [0.1, 0.15) is 11.6 Å². The number of anilines is 1. The first-order chi connectivity index (χ1) is 8.83. The van der Waals surface area contributed by atoms with E-state index in [-0.39, 0.29) is 6.61 Å². The number of benzene rings is 1. The van der Waals surface area contributed by atoms with Gasteiger partial charge in [0.15, 0.2) is 0 Å². The fraction of sp³-hybridized carbons (Fsp3) is 0.308. The zero-order chi connectivity index (χ0) is 12.8. The van der Waals surface area contributed by atoms with Gasteiger partial charge in [0.05, 0.1) is 26.5 Å². The first-order valence-corrected chi connectivity index (χ1v) is 5.83. The van der Waals surface area contributed by atoms with Crippen LogP contribution in [0.3, 0.4) is 0 Å². The summed E-state index contributed by atoms with van der Waals surface area (Å²) in [5.74, 6) is 1.75. The minimum absolute atomic E-state index is 0.105. The molecule has 0 saturated heterocycles. The van der Waals surface area contributed by atoms with Crippen molar-refractivity contribution in [2.45, 2.75) is 6.54 Å². The average molecular weight is 247 g/mol. The van der Waals surface area contributed by atoms with E-state index in [0.29, 0.717) is 13.1 Å². The van der Waals surface area contributed by atoms with Crippen molar-refractivity contribution in [3.05, 3.63) is 42.1 Å². The number of methoxy groups -OCH3 is 1. The van der Waals surface area contributed by atoms with Crippen LogP contribution < -0.4 is 10.1 Å². The fourth-order valence-corrected chi connectivity index (χ4v) is 1.70. The molecule has 0 spiro atoms. The molecule has 2 rings (SSSR count). The maximum Gasteiger partial charge on any atom is 0.124 e. The van der Waals surface area contributed by atoms with Crippen LogP contribution in [-0.4, -0.2) is 35.1 Å². The third-order valence-corrected chi connectivity index (χ3v) is 2.63. The van der Waals surface area contributed by atoms with Crippen LogP contribution in [0.5, 0.6) is 5.75 Å². The maximum atomic E-state index is 8.80. The van der Waals surface area contributed by atoms with Crippen molar-refractivity contribution >= 4 is 5.82 Å². The summed E-state index contributed by atoms with van der Waals surface area (Å²) in [6.07, 6.45) is 1.74. The van der Waals surface area contributed by atoms with E-state index >= 15 is 0 Å². The van der Waals surface area contributed by atoms with Gasteiger partial charge in [-0.2, -0.15) is 5.10 Å². The van der Waals surface area contributed by atoms with E-state index in [9.17, 15) is 0 Å². The van der Waals surface area contributed by atoms with Crippen LogP contribution in [0.25, 0.3) is 0 Å². The van der Waals surface area contributed by atoms with Gasteiger partial charge in [-0.1, -0.05) is 12.1 Å². The lowest BCUT2D eigenvalue weighted by Gasteiger charge is -2.09. The van der Waals surface area contributed by atoms with E-state index in [1.165, 1.54) is 0 Å². The van der Waals surface area contributed by atoms with Gasteiger partial charge in [-0.05, 0) is 17.7 Å². The Labute approximate surface area is 106 Å². The molecule has 0 bridgehead atoms. The van der Waals surface area contributed by atoms with Crippen LogP contribution in [0.2, 0.25) is 0 Å². The Balaban J connectivity index is 2.05. The first kappa shape index (κ1) is 12.4. The summed E-state index contributed by atoms with van der Waals surface area (Å²) < 4.78 is 6.98. The van der Waals surface area contributed by atoms with Crippen molar-refractivity contribution in [2.75, 3.05) is 25.6 Å². The Kier molecular flexibility index (Phi) is 4.20. The zero-order valence-electron chi connectivity index (χ0n) is 10.3. The van der Waals surface area contributed by atoms with Crippen molar-refractivity contribution < 1.29 is 9.84 Å². The van der Waals surface area contributed by atoms with Crippen LogP contribution in [-0.2, 0) is 6.54 Å². The summed E-state index contributed by atoms with van der Waals surface area (Å²) in [6, 6.07) is 9.77. The summed E-state index contributed by atoms with van der Waals surface area (Å²) in [5.41, 5.74) is 1.14. The van der Waals surface area contributed by atoms with Gasteiger partial charge in [-0.3, -0.25) is 0 Å². The molecule has 0 amide bonds. The largest absolute Gasteiger partial charge is 0.497 e. The lowest BCUT2D eigenvalue weighted by Crippen LogP contribution is -2.11. The highest BCUT2D eigenvalue weighted by atomic mass is 16.5. The third kappa shape index (κ3) is 3.01. The normalized spacial score (nSPS) is 10.3. The average Bonchev–Trinajstić information content (AvgIpc) is 2.84. The molecular formula is C13H17N3O2. The Morgan fingerprint density at radius 2 is 2.06 bits per heavy atom. The highest BCUT2D eigenvalue weighted by molar-refractivity contribution is 5.35. The SMILES string of the molecule is COc1ccc(Cn2nccc2NCCO)cc1. The highest BCUT2D eigenvalue weighted by Crippen LogP contribution is 2.14. The number of nitrogens with zero attached hydrogens (tertiary/aromatic N) is 2. The van der Waals surface area contributed by atoms with Gasteiger partial charge < -0.3 is 15.2 Å². The Morgan fingerprint density at radius 3 is 2.72 bits per heavy atom. The maximum absolute atomic E-state index is 8.80. The van der Waals surface area contributed by atoms with Crippen LogP contribution in [0.1, 0.15) is 5.56 Å². The van der Waals surface area contributed by atoms with Gasteiger partial charge in [-0.25, -0.2) is 4.68 Å². The number of rotatable bonds is 6. The highest BCUT2D eigenvalue weighted by Gasteiger charge is 2.02. The minimum Gasteiger partial charge on any atom is -0.497 e. The molecule has 0 saturated carbocycles. The summed E-state index contributed by atoms with van der Waals surface area (Å²) >= 11 is 0. The molecule has 1 aromatic heterocycles. The van der Waals surface area contributed by atoms with Crippen molar-refractivity contribution in [1.82, 2.24) is 9.78 Å². The van der Waals surface area contributed by atoms with Gasteiger partial charge in [0.25, 0.3) is 0 Å². The van der Waals surface area contributed by atoms with E-state index in [2.05, 4.69) is 10.4 Å². The van der Waals surface area contributed by atoms with Crippen LogP contribution in [0.4, 0.5) is 5.82 Å². The predicted octanol–water partition coefficient (Wildman–Crippen LogP) is 1.34. The number of hydrogen-bond acceptors (Lipinski definition) is 4. The molecule has 0 atom stereocenters. The summed E-state index contributed by atoms with van der Waals surface area (Å²) in [4.78, 5) is 0. The van der Waals surface area contributed by atoms with Crippen LogP contribution in [0, 0.1) is 0 Å². The van der Waals surface area contributed by atoms with Crippen molar-refractivity contribution in [3.63, 3.8) is 0 Å². The quantitative estimate of drug-likeness (QED) is 0.809. The molecule has 0 aliphatic rings. The lowest BCUT2D eigenvalue weighted by atomic mass is 10.2. The van der Waals surface area contributed by atoms with Crippen LogP contribution in [0.15, 0.2) is 36.5 Å². The summed E-state index contributed by atoms with van der Waals surface area (Å²) in [6.45, 7) is 1.31. The molecule has 5 heteroatoms. The molecule has 1 heterocycles. The van der Waals surface area contributed by atoms with Crippen molar-refractivity contribution in [3.8, 4) is 5.75 Å². The molecule has 2 N–H and O–H groups in total. The van der Waals surface area contributed by atoms with Gasteiger partial charge >= 0.3 is 0 Å². The smallest absolute Gasteiger partial charge is 0.124 e. The van der Waals surface area contributed by atoms with Crippen molar-refractivity contribution in [1.29, 1.82) is 0 Å². The van der Waals surface area contributed by atoms with E-state index in [0.717, 1.165) is 17.1 Å². The minimum atomic E-state index is 0.105. The number of nitrogens with one attached hydrogen (secondary N) is 1. The van der Waals surface area contributed by atoms with Gasteiger partial charge in [-0.15, -0.1) is 0 Å². The second-order valence-corrected chi connectivity index (χ2v) is 3.87. The Morgan fingerprint density at radius 1 is 1.28 bits per heavy atom. The fourth-order valence-electron chi connectivity index (χ4n) is 1.70. The number of hydrogen-bond donors (Lipinski definition) is 2. The summed E-state index contributed by atoms with van der Waals surface area (Å²) in [7, 11) is 1.65. The lowest BCUT2D eigenvalue weighted by molar-refractivity contribution is 0.310. The molecule has 0 aliphatic carbocycles. The molecule has 5 nitrogen and oxygen atoms in total. The number of aliphatic hydroxyl groups is 1. The van der Waals surface area contributed by atoms with Gasteiger partial charge in [0, 0.05) is 12.6 Å². The van der Waals surface area contributed by atoms with E-state index in [4.69, 9.17) is 9.84 Å². The topological polar surface area (TPSA) is 59.3 Å². The molecule has 1 aromatic carbocycles. The zero-order valence-corrected chi connectivity index (χ0v) is 10.3. The molecular weight excluding hydrogens is 230 g/mol. The number of aliphatic hydroxyl groups excluding tert-OH is 1. The molecule has 0 unspecified atom stereocenters. The predicted molar refractivity (Wildman–Crippen MR) is 69.9 cm³/mol. The van der Waals surface area contributed by atoms with Crippen molar-refractivity contribution in [2.24, 2.45) is 0 Å². The molecule has 2 aromatic rings. The Hall–Kier alpha value is -2.01.